The van der Waals surface area contributed by atoms with Crippen LogP contribution < -0.4 is 10.6 Å². The normalized spacial score (nSPS) is 18.5. The highest BCUT2D eigenvalue weighted by Crippen LogP contribution is 2.28. The van der Waals surface area contributed by atoms with Crippen molar-refractivity contribution < 1.29 is 4.39 Å². The van der Waals surface area contributed by atoms with Crippen LogP contribution in [0.5, 0.6) is 0 Å². The number of fused-ring (bicyclic) bond motifs is 1. The number of nitrogens with two attached hydrogens (primary N) is 1. The van der Waals surface area contributed by atoms with Crippen molar-refractivity contribution in [2.75, 3.05) is 44.2 Å². The Morgan fingerprint density at radius 1 is 1.04 bits per heavy atom. The second kappa shape index (κ2) is 8.75. The smallest absolute Gasteiger partial charge is 0.225 e. The highest BCUT2D eigenvalue weighted by atomic mass is 19.1. The van der Waals surface area contributed by atoms with Gasteiger partial charge in [-0.15, -0.1) is 0 Å². The molecule has 0 aliphatic carbocycles. The molecule has 1 atom stereocenters. The molecular formula is C21H27FN6. The third kappa shape index (κ3) is 4.36. The standard InChI is InChI=1S/C21H27FN6/c22-18-14-24-21(25-15-18)28-11-9-27(10-12-28)8-7-17(13-23)20-6-5-16-3-1-2-4-19(16)26-20/h1-4,14-15,17H,5-13,23H2. The van der Waals surface area contributed by atoms with Gasteiger partial charge in [0.1, 0.15) is 0 Å². The number of hydrogen-bond acceptors (Lipinski definition) is 6. The molecule has 0 spiro atoms. The number of hydrogen-bond donors (Lipinski definition) is 1. The molecule has 6 nitrogen and oxygen atoms in total. The van der Waals surface area contributed by atoms with Gasteiger partial charge >= 0.3 is 0 Å². The van der Waals surface area contributed by atoms with Gasteiger partial charge in [0.2, 0.25) is 5.95 Å². The lowest BCUT2D eigenvalue weighted by Crippen LogP contribution is -2.47. The summed E-state index contributed by atoms with van der Waals surface area (Å²) in [5, 5.41) is 0. The molecule has 0 saturated carbocycles. The Kier molecular flexibility index (Phi) is 5.92. The average Bonchev–Trinajstić information content (AvgIpc) is 2.75. The molecule has 2 aliphatic heterocycles. The minimum absolute atomic E-state index is 0.340. The first-order valence-electron chi connectivity index (χ1n) is 10.0. The number of benzene rings is 1. The van der Waals surface area contributed by atoms with Crippen molar-refractivity contribution in [2.24, 2.45) is 16.6 Å². The van der Waals surface area contributed by atoms with Crippen molar-refractivity contribution in [3.63, 3.8) is 0 Å². The van der Waals surface area contributed by atoms with Crippen LogP contribution in [-0.2, 0) is 6.42 Å². The van der Waals surface area contributed by atoms with E-state index in [1.807, 2.05) is 6.07 Å². The maximum absolute atomic E-state index is 13.0. The van der Waals surface area contributed by atoms with Crippen LogP contribution in [0.3, 0.4) is 0 Å². The molecule has 2 aromatic rings. The summed E-state index contributed by atoms with van der Waals surface area (Å²) in [5.41, 5.74) is 9.79. The molecule has 1 aromatic carbocycles. The third-order valence-corrected chi connectivity index (χ3v) is 5.72. The van der Waals surface area contributed by atoms with Crippen LogP contribution in [0.2, 0.25) is 0 Å². The van der Waals surface area contributed by atoms with Gasteiger partial charge in [-0.2, -0.15) is 0 Å². The largest absolute Gasteiger partial charge is 0.338 e. The fraction of sp³-hybridized carbons (Fsp3) is 0.476. The number of nitrogens with zero attached hydrogens (tertiary/aromatic N) is 5. The zero-order chi connectivity index (χ0) is 19.3. The Morgan fingerprint density at radius 3 is 2.54 bits per heavy atom. The first-order valence-corrected chi connectivity index (χ1v) is 10.0. The predicted octanol–water partition coefficient (Wildman–Crippen LogP) is 2.42. The van der Waals surface area contributed by atoms with Crippen molar-refractivity contribution in [3.05, 3.63) is 48.0 Å². The fourth-order valence-corrected chi connectivity index (χ4v) is 4.00. The Morgan fingerprint density at radius 2 is 1.79 bits per heavy atom. The number of piperazine rings is 1. The lowest BCUT2D eigenvalue weighted by molar-refractivity contribution is 0.246. The number of rotatable bonds is 6. The molecule has 2 N–H and O–H groups in total. The molecular weight excluding hydrogens is 355 g/mol. The summed E-state index contributed by atoms with van der Waals surface area (Å²) in [5.74, 6) is 0.548. The molecule has 3 heterocycles. The summed E-state index contributed by atoms with van der Waals surface area (Å²) in [7, 11) is 0. The molecule has 148 valence electrons. The van der Waals surface area contributed by atoms with Crippen LogP contribution in [0, 0.1) is 11.7 Å². The average molecular weight is 382 g/mol. The molecule has 28 heavy (non-hydrogen) atoms. The number of aromatic nitrogens is 2. The van der Waals surface area contributed by atoms with Gasteiger partial charge in [-0.3, -0.25) is 9.89 Å². The van der Waals surface area contributed by atoms with Gasteiger partial charge in [0.25, 0.3) is 0 Å². The van der Waals surface area contributed by atoms with Crippen LogP contribution in [0.1, 0.15) is 18.4 Å². The van der Waals surface area contributed by atoms with Crippen LogP contribution in [-0.4, -0.2) is 59.8 Å². The zero-order valence-electron chi connectivity index (χ0n) is 16.1. The lowest BCUT2D eigenvalue weighted by atomic mass is 9.91. The molecule has 1 aromatic heterocycles. The summed E-state index contributed by atoms with van der Waals surface area (Å²) in [6.45, 7) is 5.27. The van der Waals surface area contributed by atoms with Gasteiger partial charge in [-0.05, 0) is 37.4 Å². The van der Waals surface area contributed by atoms with E-state index >= 15 is 0 Å². The number of aliphatic imine (C=N–C) groups is 1. The maximum Gasteiger partial charge on any atom is 0.225 e. The van der Waals surface area contributed by atoms with Gasteiger partial charge in [0.15, 0.2) is 5.82 Å². The van der Waals surface area contributed by atoms with E-state index in [9.17, 15) is 4.39 Å². The predicted molar refractivity (Wildman–Crippen MR) is 110 cm³/mol. The van der Waals surface area contributed by atoms with Crippen molar-refractivity contribution in [1.29, 1.82) is 0 Å². The summed E-state index contributed by atoms with van der Waals surface area (Å²) >= 11 is 0. The van der Waals surface area contributed by atoms with Gasteiger partial charge < -0.3 is 10.6 Å². The second-order valence-corrected chi connectivity index (χ2v) is 7.48. The molecule has 1 saturated heterocycles. The monoisotopic (exact) mass is 382 g/mol. The SMILES string of the molecule is NCC(CCN1CCN(c2ncc(F)cn2)CC1)C1=Nc2ccccc2CC1. The summed E-state index contributed by atoms with van der Waals surface area (Å²) in [6.07, 6.45) is 5.55. The van der Waals surface area contributed by atoms with Gasteiger partial charge in [0, 0.05) is 44.4 Å². The first-order chi connectivity index (χ1) is 13.7. The quantitative estimate of drug-likeness (QED) is 0.831. The molecule has 0 radical (unpaired) electrons. The van der Waals surface area contributed by atoms with E-state index < -0.39 is 5.82 Å². The van der Waals surface area contributed by atoms with Crippen LogP contribution in [0.15, 0.2) is 41.7 Å². The Balaban J connectivity index is 1.30. The van der Waals surface area contributed by atoms with E-state index in [1.54, 1.807) is 0 Å². The molecule has 2 aliphatic rings. The van der Waals surface area contributed by atoms with Gasteiger partial charge in [0.05, 0.1) is 18.1 Å². The number of anilines is 1. The summed E-state index contributed by atoms with van der Waals surface area (Å²) in [4.78, 5) is 17.6. The molecule has 1 unspecified atom stereocenters. The van der Waals surface area contributed by atoms with E-state index in [2.05, 4.69) is 38.0 Å². The van der Waals surface area contributed by atoms with Crippen LogP contribution >= 0.6 is 0 Å². The van der Waals surface area contributed by atoms with E-state index in [0.29, 0.717) is 18.4 Å². The van der Waals surface area contributed by atoms with E-state index in [0.717, 1.165) is 57.7 Å². The summed E-state index contributed by atoms with van der Waals surface area (Å²) in [6, 6.07) is 8.39. The second-order valence-electron chi connectivity index (χ2n) is 7.48. The number of halogens is 1. The molecule has 0 bridgehead atoms. The lowest BCUT2D eigenvalue weighted by Gasteiger charge is -2.35. The van der Waals surface area contributed by atoms with Crippen LogP contribution in [0.4, 0.5) is 16.0 Å². The highest BCUT2D eigenvalue weighted by Gasteiger charge is 2.23. The number of para-hydroxylation sites is 1. The van der Waals surface area contributed by atoms with Crippen molar-refractivity contribution in [3.8, 4) is 0 Å². The van der Waals surface area contributed by atoms with Crippen LogP contribution in [0.25, 0.3) is 0 Å². The highest BCUT2D eigenvalue weighted by molar-refractivity contribution is 5.91. The minimum atomic E-state index is -0.400. The minimum Gasteiger partial charge on any atom is -0.338 e. The Labute approximate surface area is 165 Å². The maximum atomic E-state index is 13.0. The summed E-state index contributed by atoms with van der Waals surface area (Å²) < 4.78 is 13.0. The number of aryl methyl sites for hydroxylation is 1. The van der Waals surface area contributed by atoms with E-state index in [-0.39, 0.29) is 0 Å². The van der Waals surface area contributed by atoms with Crippen molar-refractivity contribution in [2.45, 2.75) is 19.3 Å². The van der Waals surface area contributed by atoms with Gasteiger partial charge in [-0.1, -0.05) is 18.2 Å². The fourth-order valence-electron chi connectivity index (χ4n) is 4.00. The zero-order valence-corrected chi connectivity index (χ0v) is 16.1. The molecule has 7 heteroatoms. The van der Waals surface area contributed by atoms with E-state index in [1.165, 1.54) is 23.7 Å². The first kappa shape index (κ1) is 19.0. The Hall–Kier alpha value is -2.38. The molecule has 4 rings (SSSR count). The Bertz CT molecular complexity index is 814. The van der Waals surface area contributed by atoms with Crippen molar-refractivity contribution >= 4 is 17.3 Å². The third-order valence-electron chi connectivity index (χ3n) is 5.72. The van der Waals surface area contributed by atoms with Gasteiger partial charge in [-0.25, -0.2) is 14.4 Å². The topological polar surface area (TPSA) is 70.6 Å². The molecule has 1 fully saturated rings. The van der Waals surface area contributed by atoms with Crippen molar-refractivity contribution in [1.82, 2.24) is 14.9 Å². The molecule has 0 amide bonds. The van der Waals surface area contributed by atoms with E-state index in [4.69, 9.17) is 10.7 Å².